The number of anilines is 1. The van der Waals surface area contributed by atoms with E-state index in [0.29, 0.717) is 18.8 Å². The predicted molar refractivity (Wildman–Crippen MR) is 90.2 cm³/mol. The highest BCUT2D eigenvalue weighted by atomic mass is 19.3. The highest BCUT2D eigenvalue weighted by Gasteiger charge is 2.30. The van der Waals surface area contributed by atoms with E-state index in [1.54, 1.807) is 4.90 Å². The number of nitrogens with one attached hydrogen (secondary N) is 1. The van der Waals surface area contributed by atoms with E-state index in [2.05, 4.69) is 23.1 Å². The average molecular weight is 342 g/mol. The van der Waals surface area contributed by atoms with Crippen molar-refractivity contribution in [2.75, 3.05) is 11.9 Å². The average Bonchev–Trinajstić information content (AvgIpc) is 3.03. The molecule has 1 amide bonds. The lowest BCUT2D eigenvalue weighted by Gasteiger charge is -2.29. The van der Waals surface area contributed by atoms with Crippen LogP contribution in [0.25, 0.3) is 5.70 Å². The maximum absolute atomic E-state index is 13.2. The van der Waals surface area contributed by atoms with Gasteiger partial charge in [-0.1, -0.05) is 30.8 Å². The van der Waals surface area contributed by atoms with E-state index >= 15 is 0 Å². The number of alkyl halides is 2. The minimum atomic E-state index is -2.71. The fourth-order valence-electron chi connectivity index (χ4n) is 3.24. The number of carbonyl (C=O) groups is 1. The summed E-state index contributed by atoms with van der Waals surface area (Å²) in [6.07, 6.45) is 0.631. The number of amides is 1. The molecule has 0 atom stereocenters. The Labute approximate surface area is 143 Å². The number of hydrogen-bond acceptors (Lipinski definition) is 3. The maximum Gasteiger partial charge on any atom is 0.280 e. The first-order chi connectivity index (χ1) is 12.0. The van der Waals surface area contributed by atoms with E-state index in [9.17, 15) is 13.6 Å². The zero-order chi connectivity index (χ0) is 17.6. The standard InChI is InChI=1S/C18H16F2N4O/c1-11-8-15(16(19)20)24-17(22-11)14(9-21-24)18(25)23-7-6-12-4-2-3-5-13(12)10-23/h2-5,8-9,16,22H,1,6-7,10H2. The molecule has 25 heavy (non-hydrogen) atoms. The van der Waals surface area contributed by atoms with E-state index in [-0.39, 0.29) is 23.0 Å². The lowest BCUT2D eigenvalue weighted by Crippen LogP contribution is -2.36. The van der Waals surface area contributed by atoms with Gasteiger partial charge in [0.2, 0.25) is 0 Å². The van der Waals surface area contributed by atoms with Crippen molar-refractivity contribution in [3.8, 4) is 0 Å². The molecule has 128 valence electrons. The van der Waals surface area contributed by atoms with Gasteiger partial charge in [0.15, 0.2) is 0 Å². The highest BCUT2D eigenvalue weighted by Crippen LogP contribution is 2.31. The van der Waals surface area contributed by atoms with Crippen molar-refractivity contribution in [1.82, 2.24) is 14.7 Å². The van der Waals surface area contributed by atoms with Crippen LogP contribution in [0.1, 0.15) is 21.5 Å². The third-order valence-electron chi connectivity index (χ3n) is 4.49. The summed E-state index contributed by atoms with van der Waals surface area (Å²) in [6, 6.07) is 7.99. The first-order valence-electron chi connectivity index (χ1n) is 7.94. The molecule has 7 heteroatoms. The highest BCUT2D eigenvalue weighted by molar-refractivity contribution is 6.00. The van der Waals surface area contributed by atoms with Crippen LogP contribution in [0.2, 0.25) is 0 Å². The number of nitrogens with zero attached hydrogens (tertiary/aromatic N) is 3. The van der Waals surface area contributed by atoms with Crippen molar-refractivity contribution in [3.05, 3.63) is 65.5 Å². The predicted octanol–water partition coefficient (Wildman–Crippen LogP) is 3.13. The molecule has 0 aliphatic carbocycles. The molecule has 2 aliphatic rings. The molecule has 0 radical (unpaired) electrons. The minimum Gasteiger partial charge on any atom is -0.340 e. The second kappa shape index (κ2) is 5.84. The molecule has 0 unspecified atom stereocenters. The Kier molecular flexibility index (Phi) is 3.63. The van der Waals surface area contributed by atoms with Gasteiger partial charge in [-0.2, -0.15) is 5.10 Å². The molecule has 5 nitrogen and oxygen atoms in total. The number of allylic oxidation sites excluding steroid dienone is 2. The van der Waals surface area contributed by atoms with Crippen LogP contribution in [0, 0.1) is 0 Å². The molecule has 1 N–H and O–H groups in total. The van der Waals surface area contributed by atoms with Crippen LogP contribution in [0.15, 0.2) is 48.8 Å². The number of rotatable bonds is 2. The number of fused-ring (bicyclic) bond motifs is 2. The van der Waals surface area contributed by atoms with E-state index < -0.39 is 6.43 Å². The van der Waals surface area contributed by atoms with Crippen LogP contribution in [0.3, 0.4) is 0 Å². The molecule has 0 spiro atoms. The second-order valence-electron chi connectivity index (χ2n) is 6.08. The van der Waals surface area contributed by atoms with E-state index in [1.807, 2.05) is 18.2 Å². The van der Waals surface area contributed by atoms with Crippen molar-refractivity contribution in [2.24, 2.45) is 0 Å². The summed E-state index contributed by atoms with van der Waals surface area (Å²) >= 11 is 0. The number of benzene rings is 1. The van der Waals surface area contributed by atoms with Gasteiger partial charge in [0.25, 0.3) is 12.3 Å². The van der Waals surface area contributed by atoms with Crippen molar-refractivity contribution in [2.45, 2.75) is 19.4 Å². The normalized spacial score (nSPS) is 16.2. The topological polar surface area (TPSA) is 50.2 Å². The van der Waals surface area contributed by atoms with Crippen molar-refractivity contribution < 1.29 is 13.6 Å². The molecule has 0 bridgehead atoms. The Morgan fingerprint density at radius 1 is 1.28 bits per heavy atom. The minimum absolute atomic E-state index is 0.230. The largest absolute Gasteiger partial charge is 0.340 e. The summed E-state index contributed by atoms with van der Waals surface area (Å²) in [7, 11) is 0. The van der Waals surface area contributed by atoms with Gasteiger partial charge in [0.05, 0.1) is 6.20 Å². The van der Waals surface area contributed by atoms with Gasteiger partial charge in [0, 0.05) is 18.8 Å². The van der Waals surface area contributed by atoms with Crippen molar-refractivity contribution >= 4 is 17.4 Å². The Morgan fingerprint density at radius 3 is 2.80 bits per heavy atom. The zero-order valence-electron chi connectivity index (χ0n) is 13.4. The third kappa shape index (κ3) is 2.61. The molecule has 2 aromatic rings. The summed E-state index contributed by atoms with van der Waals surface area (Å²) < 4.78 is 27.5. The fraction of sp³-hybridized carbons (Fsp3) is 0.222. The van der Waals surface area contributed by atoms with Crippen molar-refractivity contribution in [3.63, 3.8) is 0 Å². The smallest absolute Gasteiger partial charge is 0.280 e. The Morgan fingerprint density at radius 2 is 2.04 bits per heavy atom. The van der Waals surface area contributed by atoms with Crippen LogP contribution >= 0.6 is 0 Å². The molecule has 2 aliphatic heterocycles. The van der Waals surface area contributed by atoms with Gasteiger partial charge in [-0.15, -0.1) is 0 Å². The number of hydrogen-bond donors (Lipinski definition) is 1. The lowest BCUT2D eigenvalue weighted by molar-refractivity contribution is 0.0735. The first kappa shape index (κ1) is 15.6. The Bertz CT molecular complexity index is 900. The first-order valence-corrected chi connectivity index (χ1v) is 7.94. The van der Waals surface area contributed by atoms with Crippen LogP contribution in [-0.2, 0) is 13.0 Å². The van der Waals surface area contributed by atoms with E-state index in [4.69, 9.17) is 0 Å². The van der Waals surface area contributed by atoms with Gasteiger partial charge >= 0.3 is 0 Å². The molecule has 0 fully saturated rings. The number of aromatic nitrogens is 2. The summed E-state index contributed by atoms with van der Waals surface area (Å²) in [4.78, 5) is 14.6. The second-order valence-corrected chi connectivity index (χ2v) is 6.08. The van der Waals surface area contributed by atoms with Gasteiger partial charge < -0.3 is 10.2 Å². The fourth-order valence-corrected chi connectivity index (χ4v) is 3.24. The van der Waals surface area contributed by atoms with Crippen molar-refractivity contribution in [1.29, 1.82) is 0 Å². The van der Waals surface area contributed by atoms with E-state index in [1.165, 1.54) is 17.8 Å². The molecule has 0 saturated carbocycles. The molecular formula is C18H16F2N4O. The number of halogens is 2. The molecule has 3 heterocycles. The van der Waals surface area contributed by atoms with Gasteiger partial charge in [-0.25, -0.2) is 13.5 Å². The Balaban J connectivity index is 1.65. The van der Waals surface area contributed by atoms with Gasteiger partial charge in [-0.3, -0.25) is 4.79 Å². The van der Waals surface area contributed by atoms with Gasteiger partial charge in [-0.05, 0) is 23.6 Å². The summed E-state index contributed by atoms with van der Waals surface area (Å²) in [5.41, 5.74) is 2.63. The molecule has 0 saturated heterocycles. The Hall–Kier alpha value is -2.96. The maximum atomic E-state index is 13.2. The number of carbonyl (C=O) groups excluding carboxylic acids is 1. The summed E-state index contributed by atoms with van der Waals surface area (Å²) in [6.45, 7) is 4.76. The van der Waals surface area contributed by atoms with Crippen LogP contribution < -0.4 is 5.32 Å². The van der Waals surface area contributed by atoms with Crippen LogP contribution in [0.5, 0.6) is 0 Å². The van der Waals surface area contributed by atoms with Crippen LogP contribution in [0.4, 0.5) is 14.6 Å². The van der Waals surface area contributed by atoms with Crippen LogP contribution in [-0.4, -0.2) is 33.6 Å². The zero-order valence-corrected chi connectivity index (χ0v) is 13.4. The lowest BCUT2D eigenvalue weighted by atomic mass is 9.99. The van der Waals surface area contributed by atoms with Gasteiger partial charge in [0.1, 0.15) is 17.1 Å². The summed E-state index contributed by atoms with van der Waals surface area (Å²) in [5.74, 6) is 0.0122. The SMILES string of the molecule is C=C1C=C(C(F)F)n2ncc(C(=O)N3CCc4ccccc4C3)c2N1. The monoisotopic (exact) mass is 342 g/mol. The molecule has 4 rings (SSSR count). The van der Waals surface area contributed by atoms with E-state index in [0.717, 1.165) is 16.7 Å². The summed E-state index contributed by atoms with van der Waals surface area (Å²) in [5, 5.41) is 6.85. The molecule has 1 aromatic carbocycles. The molecular weight excluding hydrogens is 326 g/mol. The quantitative estimate of drug-likeness (QED) is 0.912. The molecule has 1 aromatic heterocycles. The third-order valence-corrected chi connectivity index (χ3v) is 4.49.